The predicted octanol–water partition coefficient (Wildman–Crippen LogP) is 2.24. The van der Waals surface area contributed by atoms with E-state index in [1.807, 2.05) is 6.07 Å². The zero-order chi connectivity index (χ0) is 16.0. The molecule has 0 spiro atoms. The maximum Gasteiger partial charge on any atom is 0.238 e. The molecule has 3 aromatic rings. The molecule has 1 aromatic heterocycles. The standard InChI is InChI=1S/C8H7N3O2S2.C6H6O/c9-15(12,13)7-4-2-1-3-6(7)8-10-5-11-14-8;7-6-4-2-1-3-5-6/h1-5H,(H2,9,12,13);1-5,7H. The molecule has 1 heterocycles. The fraction of sp³-hybridized carbons (Fsp3) is 0. The molecule has 0 saturated carbocycles. The van der Waals surface area contributed by atoms with E-state index in [9.17, 15) is 8.42 Å². The van der Waals surface area contributed by atoms with Gasteiger partial charge in [-0.15, -0.1) is 0 Å². The Morgan fingerprint density at radius 2 is 1.64 bits per heavy atom. The highest BCUT2D eigenvalue weighted by molar-refractivity contribution is 7.89. The van der Waals surface area contributed by atoms with E-state index in [1.54, 1.807) is 42.5 Å². The van der Waals surface area contributed by atoms with Crippen LogP contribution in [0.15, 0.2) is 65.8 Å². The fourth-order valence-corrected chi connectivity index (χ4v) is 2.98. The van der Waals surface area contributed by atoms with Gasteiger partial charge in [-0.25, -0.2) is 18.5 Å². The molecule has 6 nitrogen and oxygen atoms in total. The number of sulfonamides is 1. The maximum absolute atomic E-state index is 11.3. The van der Waals surface area contributed by atoms with Gasteiger partial charge in [-0.2, -0.15) is 4.37 Å². The lowest BCUT2D eigenvalue weighted by molar-refractivity contribution is 0.475. The van der Waals surface area contributed by atoms with Gasteiger partial charge in [0.25, 0.3) is 0 Å². The topological polar surface area (TPSA) is 106 Å². The van der Waals surface area contributed by atoms with Crippen molar-refractivity contribution in [2.75, 3.05) is 0 Å². The summed E-state index contributed by atoms with van der Waals surface area (Å²) < 4.78 is 26.4. The highest BCUT2D eigenvalue weighted by atomic mass is 32.2. The van der Waals surface area contributed by atoms with Gasteiger partial charge in [0.1, 0.15) is 17.1 Å². The average Bonchev–Trinajstić information content (AvgIpc) is 3.02. The van der Waals surface area contributed by atoms with Crippen molar-refractivity contribution in [2.24, 2.45) is 5.14 Å². The second-order valence-electron chi connectivity index (χ2n) is 4.12. The molecule has 8 heteroatoms. The third-order valence-electron chi connectivity index (χ3n) is 2.54. The second kappa shape index (κ2) is 7.12. The average molecular weight is 335 g/mol. The van der Waals surface area contributed by atoms with Gasteiger partial charge in [-0.1, -0.05) is 36.4 Å². The molecular weight excluding hydrogens is 322 g/mol. The van der Waals surface area contributed by atoms with Crippen LogP contribution in [0, 0.1) is 0 Å². The number of nitrogens with zero attached hydrogens (tertiary/aromatic N) is 2. The van der Waals surface area contributed by atoms with Gasteiger partial charge >= 0.3 is 0 Å². The van der Waals surface area contributed by atoms with Crippen LogP contribution in [0.5, 0.6) is 5.75 Å². The van der Waals surface area contributed by atoms with Crippen LogP contribution >= 0.6 is 11.5 Å². The summed E-state index contributed by atoms with van der Waals surface area (Å²) >= 11 is 1.13. The largest absolute Gasteiger partial charge is 0.508 e. The zero-order valence-electron chi connectivity index (χ0n) is 11.3. The number of nitrogens with two attached hydrogens (primary N) is 1. The van der Waals surface area contributed by atoms with Crippen LogP contribution in [0.1, 0.15) is 0 Å². The summed E-state index contributed by atoms with van der Waals surface area (Å²) in [5.74, 6) is 0.322. The Hall–Kier alpha value is -2.29. The fourth-order valence-electron chi connectivity index (χ4n) is 1.61. The molecule has 0 aliphatic rings. The van der Waals surface area contributed by atoms with Crippen molar-refractivity contribution >= 4 is 21.6 Å². The summed E-state index contributed by atoms with van der Waals surface area (Å²) in [6, 6.07) is 15.2. The smallest absolute Gasteiger partial charge is 0.238 e. The monoisotopic (exact) mass is 335 g/mol. The first kappa shape index (κ1) is 16.1. The van der Waals surface area contributed by atoms with Crippen LogP contribution < -0.4 is 5.14 Å². The molecule has 3 N–H and O–H groups in total. The molecule has 0 atom stereocenters. The lowest BCUT2D eigenvalue weighted by atomic mass is 10.2. The quantitative estimate of drug-likeness (QED) is 0.747. The first-order valence-corrected chi connectivity index (χ1v) is 8.43. The van der Waals surface area contributed by atoms with Crippen LogP contribution in [0.25, 0.3) is 10.6 Å². The van der Waals surface area contributed by atoms with E-state index >= 15 is 0 Å². The van der Waals surface area contributed by atoms with Crippen LogP contribution in [0.3, 0.4) is 0 Å². The minimum absolute atomic E-state index is 0.0711. The van der Waals surface area contributed by atoms with Gasteiger partial charge in [0.2, 0.25) is 10.0 Å². The minimum Gasteiger partial charge on any atom is -0.508 e. The maximum atomic E-state index is 11.3. The van der Waals surface area contributed by atoms with Crippen LogP contribution in [-0.2, 0) is 10.0 Å². The number of aromatic hydroxyl groups is 1. The molecule has 0 aliphatic heterocycles. The Labute approximate surface area is 132 Å². The molecule has 0 unspecified atom stereocenters. The van der Waals surface area contributed by atoms with Crippen molar-refractivity contribution in [3.63, 3.8) is 0 Å². The Morgan fingerprint density at radius 3 is 2.14 bits per heavy atom. The third kappa shape index (κ3) is 4.35. The number of benzene rings is 2. The van der Waals surface area contributed by atoms with Crippen molar-refractivity contribution in [3.8, 4) is 16.3 Å². The number of phenols is 1. The molecule has 0 bridgehead atoms. The van der Waals surface area contributed by atoms with E-state index in [1.165, 1.54) is 12.4 Å². The number of rotatable bonds is 2. The van der Waals surface area contributed by atoms with E-state index < -0.39 is 10.0 Å². The molecule has 0 saturated heterocycles. The molecule has 0 fully saturated rings. The number of primary sulfonamides is 1. The van der Waals surface area contributed by atoms with E-state index in [4.69, 9.17) is 10.2 Å². The number of aromatic nitrogens is 2. The SMILES string of the molecule is NS(=O)(=O)c1ccccc1-c1ncns1.Oc1ccccc1. The van der Waals surface area contributed by atoms with Crippen LogP contribution in [-0.4, -0.2) is 22.9 Å². The third-order valence-corrected chi connectivity index (χ3v) is 4.21. The Kier molecular flexibility index (Phi) is 5.21. The summed E-state index contributed by atoms with van der Waals surface area (Å²) in [5.41, 5.74) is 0.488. The first-order valence-electron chi connectivity index (χ1n) is 6.11. The second-order valence-corrected chi connectivity index (χ2v) is 6.43. The molecular formula is C14H13N3O3S2. The lowest BCUT2D eigenvalue weighted by Gasteiger charge is -2.03. The van der Waals surface area contributed by atoms with Gasteiger partial charge in [0.05, 0.1) is 4.90 Å². The van der Waals surface area contributed by atoms with E-state index in [0.717, 1.165) is 11.5 Å². The summed E-state index contributed by atoms with van der Waals surface area (Å²) in [7, 11) is -3.72. The number of para-hydroxylation sites is 1. The van der Waals surface area contributed by atoms with Crippen LogP contribution in [0.2, 0.25) is 0 Å². The highest BCUT2D eigenvalue weighted by Gasteiger charge is 2.15. The van der Waals surface area contributed by atoms with Crippen molar-refractivity contribution in [1.82, 2.24) is 9.36 Å². The van der Waals surface area contributed by atoms with Crippen LogP contribution in [0.4, 0.5) is 0 Å². The van der Waals surface area contributed by atoms with E-state index in [-0.39, 0.29) is 4.90 Å². The highest BCUT2D eigenvalue weighted by Crippen LogP contribution is 2.26. The molecule has 0 amide bonds. The molecule has 0 radical (unpaired) electrons. The molecule has 0 aliphatic carbocycles. The number of hydrogen-bond donors (Lipinski definition) is 2. The first-order chi connectivity index (χ1) is 10.5. The number of phenolic OH excluding ortho intramolecular Hbond substituents is 1. The molecule has 114 valence electrons. The Balaban J connectivity index is 0.000000211. The van der Waals surface area contributed by atoms with E-state index in [0.29, 0.717) is 16.3 Å². The summed E-state index contributed by atoms with van der Waals surface area (Å²) in [4.78, 5) is 4.02. The molecule has 2 aromatic carbocycles. The Bertz CT molecular complexity index is 820. The predicted molar refractivity (Wildman–Crippen MR) is 84.8 cm³/mol. The Morgan fingerprint density at radius 1 is 1.00 bits per heavy atom. The normalized spacial score (nSPS) is 10.6. The van der Waals surface area contributed by atoms with Gasteiger partial charge in [0, 0.05) is 5.56 Å². The van der Waals surface area contributed by atoms with Crippen molar-refractivity contribution < 1.29 is 13.5 Å². The zero-order valence-corrected chi connectivity index (χ0v) is 13.0. The van der Waals surface area contributed by atoms with Crippen molar-refractivity contribution in [3.05, 3.63) is 60.9 Å². The van der Waals surface area contributed by atoms with Crippen molar-refractivity contribution in [1.29, 1.82) is 0 Å². The van der Waals surface area contributed by atoms with Gasteiger partial charge in [-0.3, -0.25) is 0 Å². The van der Waals surface area contributed by atoms with Gasteiger partial charge < -0.3 is 5.11 Å². The molecule has 3 rings (SSSR count). The number of hydrogen-bond acceptors (Lipinski definition) is 6. The van der Waals surface area contributed by atoms with Gasteiger partial charge in [0.15, 0.2) is 0 Å². The summed E-state index contributed by atoms with van der Waals surface area (Å²) in [6.07, 6.45) is 1.37. The van der Waals surface area contributed by atoms with Gasteiger partial charge in [-0.05, 0) is 29.7 Å². The molecule has 22 heavy (non-hydrogen) atoms. The summed E-state index contributed by atoms with van der Waals surface area (Å²) in [5, 5.41) is 14.3. The minimum atomic E-state index is -3.72. The van der Waals surface area contributed by atoms with E-state index in [2.05, 4.69) is 9.36 Å². The van der Waals surface area contributed by atoms with Crippen molar-refractivity contribution in [2.45, 2.75) is 4.90 Å². The summed E-state index contributed by atoms with van der Waals surface area (Å²) in [6.45, 7) is 0. The lowest BCUT2D eigenvalue weighted by Crippen LogP contribution is -2.13.